The molecule has 0 aromatic carbocycles. The molecule has 0 radical (unpaired) electrons. The predicted octanol–water partition coefficient (Wildman–Crippen LogP) is 1.57. The number of pyridine rings is 1. The number of hydrogen-bond acceptors (Lipinski definition) is 7. The van der Waals surface area contributed by atoms with Crippen LogP contribution in [0.3, 0.4) is 0 Å². The lowest BCUT2D eigenvalue weighted by Crippen LogP contribution is -2.39. The highest BCUT2D eigenvalue weighted by molar-refractivity contribution is 7.19. The van der Waals surface area contributed by atoms with Gasteiger partial charge in [-0.05, 0) is 19.0 Å². The summed E-state index contributed by atoms with van der Waals surface area (Å²) in [6.45, 7) is 5.08. The topological polar surface area (TPSA) is 78.4 Å². The van der Waals surface area contributed by atoms with Gasteiger partial charge in [0.05, 0.1) is 18.9 Å². The van der Waals surface area contributed by atoms with E-state index in [-0.39, 0.29) is 0 Å². The predicted molar refractivity (Wildman–Crippen MR) is 91.8 cm³/mol. The van der Waals surface area contributed by atoms with Gasteiger partial charge in [-0.2, -0.15) is 5.26 Å². The van der Waals surface area contributed by atoms with Crippen molar-refractivity contribution in [1.82, 2.24) is 9.88 Å². The number of morpholine rings is 1. The molecule has 23 heavy (non-hydrogen) atoms. The third-order valence-corrected chi connectivity index (χ3v) is 5.66. The van der Waals surface area contributed by atoms with E-state index in [0.29, 0.717) is 10.6 Å². The minimum absolute atomic E-state index is 0.577. The Bertz CT molecular complexity index is 803. The minimum atomic E-state index is 0.577. The lowest BCUT2D eigenvalue weighted by molar-refractivity contribution is 0.122. The Labute approximate surface area is 139 Å². The number of ether oxygens (including phenoxy) is 1. The van der Waals surface area contributed by atoms with E-state index in [0.717, 1.165) is 61.8 Å². The number of nitrogens with zero attached hydrogens (tertiary/aromatic N) is 4. The molecule has 120 valence electrons. The zero-order chi connectivity index (χ0) is 16.0. The third-order valence-electron chi connectivity index (χ3n) is 4.65. The van der Waals surface area contributed by atoms with Crippen molar-refractivity contribution < 1.29 is 4.74 Å². The summed E-state index contributed by atoms with van der Waals surface area (Å²) < 4.78 is 5.47. The van der Waals surface area contributed by atoms with Crippen LogP contribution in [0.2, 0.25) is 0 Å². The van der Waals surface area contributed by atoms with Crippen LogP contribution < -0.4 is 10.6 Å². The summed E-state index contributed by atoms with van der Waals surface area (Å²) in [5.74, 6) is 1.05. The molecule has 0 saturated carbocycles. The van der Waals surface area contributed by atoms with E-state index in [1.165, 1.54) is 22.5 Å². The molecule has 4 heterocycles. The highest BCUT2D eigenvalue weighted by Gasteiger charge is 2.27. The first-order valence-corrected chi connectivity index (χ1v) is 8.65. The van der Waals surface area contributed by atoms with E-state index in [1.807, 2.05) is 0 Å². The monoisotopic (exact) mass is 329 g/mol. The van der Waals surface area contributed by atoms with Gasteiger partial charge in [-0.25, -0.2) is 4.98 Å². The molecule has 0 aliphatic carbocycles. The van der Waals surface area contributed by atoms with E-state index in [2.05, 4.69) is 22.9 Å². The lowest BCUT2D eigenvalue weighted by Gasteiger charge is -2.33. The van der Waals surface area contributed by atoms with Gasteiger partial charge in [-0.3, -0.25) is 0 Å². The zero-order valence-electron chi connectivity index (χ0n) is 13.1. The number of anilines is 2. The Hall–Kier alpha value is -1.88. The van der Waals surface area contributed by atoms with Crippen LogP contribution in [0.1, 0.15) is 16.0 Å². The molecule has 0 spiro atoms. The van der Waals surface area contributed by atoms with Crippen molar-refractivity contribution >= 4 is 33.1 Å². The van der Waals surface area contributed by atoms with E-state index in [1.54, 1.807) is 0 Å². The number of thiophene rings is 1. The van der Waals surface area contributed by atoms with Gasteiger partial charge >= 0.3 is 0 Å². The van der Waals surface area contributed by atoms with E-state index < -0.39 is 0 Å². The fraction of sp³-hybridized carbons (Fsp3) is 0.500. The molecule has 2 aromatic rings. The van der Waals surface area contributed by atoms with Crippen LogP contribution >= 0.6 is 11.3 Å². The number of aromatic nitrogens is 1. The SMILES string of the molecule is CN1CCc2c(c(N3CCOCC3)nc3sc(C#N)c(N)c23)C1. The molecule has 2 aromatic heterocycles. The fourth-order valence-electron chi connectivity index (χ4n) is 3.46. The average molecular weight is 329 g/mol. The minimum Gasteiger partial charge on any atom is -0.396 e. The Morgan fingerprint density at radius 3 is 2.78 bits per heavy atom. The first kappa shape index (κ1) is 14.7. The van der Waals surface area contributed by atoms with E-state index >= 15 is 0 Å². The average Bonchev–Trinajstić information content (AvgIpc) is 2.91. The Kier molecular flexibility index (Phi) is 3.60. The Morgan fingerprint density at radius 1 is 1.26 bits per heavy atom. The lowest BCUT2D eigenvalue weighted by atomic mass is 9.97. The van der Waals surface area contributed by atoms with Crippen molar-refractivity contribution in [2.75, 3.05) is 50.5 Å². The van der Waals surface area contributed by atoms with Gasteiger partial charge in [0.25, 0.3) is 0 Å². The highest BCUT2D eigenvalue weighted by Crippen LogP contribution is 2.40. The van der Waals surface area contributed by atoms with Gasteiger partial charge in [0.1, 0.15) is 21.6 Å². The number of nitrogens with two attached hydrogens (primary N) is 1. The highest BCUT2D eigenvalue weighted by atomic mass is 32.1. The molecule has 6 nitrogen and oxygen atoms in total. The van der Waals surface area contributed by atoms with Gasteiger partial charge < -0.3 is 20.3 Å². The number of nitriles is 1. The number of hydrogen-bond donors (Lipinski definition) is 1. The van der Waals surface area contributed by atoms with E-state index in [9.17, 15) is 5.26 Å². The summed E-state index contributed by atoms with van der Waals surface area (Å²) in [5.41, 5.74) is 9.39. The molecular weight excluding hydrogens is 310 g/mol. The summed E-state index contributed by atoms with van der Waals surface area (Å²) in [4.78, 5) is 11.0. The maximum Gasteiger partial charge on any atom is 0.135 e. The van der Waals surface area contributed by atoms with Gasteiger partial charge in [0.2, 0.25) is 0 Å². The number of likely N-dealkylation sites (N-methyl/N-ethyl adjacent to an activating group) is 1. The maximum absolute atomic E-state index is 9.30. The second-order valence-corrected chi connectivity index (χ2v) is 7.12. The fourth-order valence-corrected chi connectivity index (χ4v) is 4.38. The Balaban J connectivity index is 1.95. The number of fused-ring (bicyclic) bond motifs is 3. The quantitative estimate of drug-likeness (QED) is 0.856. The van der Waals surface area contributed by atoms with Crippen LogP contribution in [0.4, 0.5) is 11.5 Å². The second-order valence-electron chi connectivity index (χ2n) is 6.12. The molecular formula is C16H19N5OS. The van der Waals surface area contributed by atoms with Crippen molar-refractivity contribution in [3.05, 3.63) is 16.0 Å². The molecule has 0 amide bonds. The summed E-state index contributed by atoms with van der Waals surface area (Å²) in [6, 6.07) is 2.21. The van der Waals surface area contributed by atoms with Crippen LogP contribution in [0, 0.1) is 11.3 Å². The normalized spacial score (nSPS) is 18.9. The molecule has 2 aliphatic rings. The molecule has 0 atom stereocenters. The van der Waals surface area contributed by atoms with Crippen molar-refractivity contribution in [2.45, 2.75) is 13.0 Å². The largest absolute Gasteiger partial charge is 0.396 e. The molecule has 1 fully saturated rings. The summed E-state index contributed by atoms with van der Waals surface area (Å²) in [7, 11) is 2.13. The van der Waals surface area contributed by atoms with Gasteiger partial charge in [0.15, 0.2) is 0 Å². The molecule has 2 aliphatic heterocycles. The molecule has 1 saturated heterocycles. The van der Waals surface area contributed by atoms with Crippen LogP contribution in [0.15, 0.2) is 0 Å². The third kappa shape index (κ3) is 2.34. The maximum atomic E-state index is 9.30. The van der Waals surface area contributed by atoms with Crippen molar-refractivity contribution in [2.24, 2.45) is 0 Å². The van der Waals surface area contributed by atoms with Crippen LogP contribution in [0.25, 0.3) is 10.2 Å². The summed E-state index contributed by atoms with van der Waals surface area (Å²) in [6.07, 6.45) is 0.952. The van der Waals surface area contributed by atoms with Gasteiger partial charge in [-0.1, -0.05) is 0 Å². The molecule has 7 heteroatoms. The van der Waals surface area contributed by atoms with Crippen LogP contribution in [-0.4, -0.2) is 49.8 Å². The summed E-state index contributed by atoms with van der Waals surface area (Å²) >= 11 is 1.41. The molecule has 0 unspecified atom stereocenters. The van der Waals surface area contributed by atoms with Crippen molar-refractivity contribution in [1.29, 1.82) is 5.26 Å². The van der Waals surface area contributed by atoms with E-state index in [4.69, 9.17) is 15.5 Å². The molecule has 0 bridgehead atoms. The standard InChI is InChI=1S/C16H19N5OS/c1-20-3-2-10-11(9-20)15(21-4-6-22-7-5-21)19-16-13(10)14(18)12(8-17)23-16/h2-7,9,18H2,1H3. The van der Waals surface area contributed by atoms with Crippen molar-refractivity contribution in [3.63, 3.8) is 0 Å². The van der Waals surface area contributed by atoms with Gasteiger partial charge in [0, 0.05) is 37.1 Å². The zero-order valence-corrected chi connectivity index (χ0v) is 13.9. The molecule has 2 N–H and O–H groups in total. The first-order valence-electron chi connectivity index (χ1n) is 7.84. The van der Waals surface area contributed by atoms with Gasteiger partial charge in [-0.15, -0.1) is 11.3 Å². The Morgan fingerprint density at radius 2 is 2.04 bits per heavy atom. The molecule has 4 rings (SSSR count). The van der Waals surface area contributed by atoms with Crippen LogP contribution in [-0.2, 0) is 17.7 Å². The summed E-state index contributed by atoms with van der Waals surface area (Å²) in [5, 5.41) is 10.3. The first-order chi connectivity index (χ1) is 11.2. The van der Waals surface area contributed by atoms with Crippen molar-refractivity contribution in [3.8, 4) is 6.07 Å². The number of nitrogen functional groups attached to an aromatic ring is 1. The second kappa shape index (κ2) is 5.64. The van der Waals surface area contributed by atoms with Crippen LogP contribution in [0.5, 0.6) is 0 Å². The smallest absolute Gasteiger partial charge is 0.135 e. The number of rotatable bonds is 1.